The molecule has 0 unspecified atom stereocenters. The molecule has 156 valence electrons. The molecule has 6 nitrogen and oxygen atoms in total. The second-order valence-electron chi connectivity index (χ2n) is 6.76. The van der Waals surface area contributed by atoms with Gasteiger partial charge in [-0.25, -0.2) is 4.98 Å². The number of ether oxygens (including phenoxy) is 1. The number of aryl methyl sites for hydroxylation is 1. The number of halogens is 1. The molecule has 0 amide bonds. The van der Waals surface area contributed by atoms with Gasteiger partial charge in [-0.3, -0.25) is 4.99 Å². The van der Waals surface area contributed by atoms with Gasteiger partial charge in [0.2, 0.25) is 0 Å². The zero-order valence-electron chi connectivity index (χ0n) is 17.3. The molecule has 0 saturated carbocycles. The molecule has 1 aromatic carbocycles. The molecular formula is C22H30IN5O. The number of hydrogen-bond donors (Lipinski definition) is 2. The van der Waals surface area contributed by atoms with Crippen molar-refractivity contribution in [2.75, 3.05) is 20.2 Å². The normalized spacial score (nSPS) is 11.2. The number of pyridine rings is 1. The molecule has 0 atom stereocenters. The predicted octanol–water partition coefficient (Wildman–Crippen LogP) is 3.96. The second kappa shape index (κ2) is 11.6. The molecule has 0 bridgehead atoms. The van der Waals surface area contributed by atoms with Crippen LogP contribution in [0.2, 0.25) is 0 Å². The fourth-order valence-corrected chi connectivity index (χ4v) is 2.97. The van der Waals surface area contributed by atoms with Crippen molar-refractivity contribution in [1.82, 2.24) is 20.0 Å². The average Bonchev–Trinajstić information content (AvgIpc) is 3.12. The Labute approximate surface area is 189 Å². The van der Waals surface area contributed by atoms with Crippen LogP contribution >= 0.6 is 24.0 Å². The van der Waals surface area contributed by atoms with Gasteiger partial charge in [0, 0.05) is 44.5 Å². The summed E-state index contributed by atoms with van der Waals surface area (Å²) in [6, 6.07) is 12.3. The van der Waals surface area contributed by atoms with E-state index in [1.165, 1.54) is 5.56 Å². The smallest absolute Gasteiger partial charge is 0.191 e. The van der Waals surface area contributed by atoms with Crippen molar-refractivity contribution in [1.29, 1.82) is 0 Å². The van der Waals surface area contributed by atoms with Crippen molar-refractivity contribution in [3.63, 3.8) is 0 Å². The summed E-state index contributed by atoms with van der Waals surface area (Å²) in [5, 5.41) is 6.72. The Balaban J connectivity index is 0.00000300. The fraction of sp³-hybridized carbons (Fsp3) is 0.364. The van der Waals surface area contributed by atoms with Gasteiger partial charge < -0.3 is 19.8 Å². The van der Waals surface area contributed by atoms with E-state index in [2.05, 4.69) is 58.9 Å². The molecule has 0 aliphatic rings. The van der Waals surface area contributed by atoms with Crippen LogP contribution in [0.4, 0.5) is 0 Å². The van der Waals surface area contributed by atoms with Crippen LogP contribution in [0.5, 0.6) is 5.75 Å². The first-order chi connectivity index (χ1) is 13.7. The predicted molar refractivity (Wildman–Crippen MR) is 129 cm³/mol. The monoisotopic (exact) mass is 507 g/mol. The minimum absolute atomic E-state index is 0. The zero-order valence-corrected chi connectivity index (χ0v) is 19.6. The van der Waals surface area contributed by atoms with Gasteiger partial charge in [-0.15, -0.1) is 24.0 Å². The molecule has 2 aromatic heterocycles. The Hall–Kier alpha value is -2.29. The Morgan fingerprint density at radius 1 is 1.21 bits per heavy atom. The van der Waals surface area contributed by atoms with Crippen LogP contribution < -0.4 is 15.4 Å². The second-order valence-corrected chi connectivity index (χ2v) is 6.76. The van der Waals surface area contributed by atoms with Gasteiger partial charge in [-0.1, -0.05) is 25.1 Å². The average molecular weight is 507 g/mol. The quantitative estimate of drug-likeness (QED) is 0.275. The molecule has 0 aliphatic carbocycles. The first kappa shape index (κ1) is 23.0. The summed E-state index contributed by atoms with van der Waals surface area (Å²) in [4.78, 5) is 8.94. The number of nitrogens with zero attached hydrogens (tertiary/aromatic N) is 3. The highest BCUT2D eigenvalue weighted by atomic mass is 127. The molecule has 7 heteroatoms. The van der Waals surface area contributed by atoms with Gasteiger partial charge in [0.25, 0.3) is 0 Å². The number of imidazole rings is 1. The van der Waals surface area contributed by atoms with E-state index < -0.39 is 0 Å². The van der Waals surface area contributed by atoms with Crippen molar-refractivity contribution < 1.29 is 4.74 Å². The molecule has 0 aliphatic heterocycles. The van der Waals surface area contributed by atoms with E-state index in [0.29, 0.717) is 6.54 Å². The largest absolute Gasteiger partial charge is 0.493 e. The van der Waals surface area contributed by atoms with Gasteiger partial charge in [0.05, 0.1) is 12.3 Å². The lowest BCUT2D eigenvalue weighted by Gasteiger charge is -2.15. The molecule has 0 radical (unpaired) electrons. The van der Waals surface area contributed by atoms with Gasteiger partial charge in [0.1, 0.15) is 11.4 Å². The maximum absolute atomic E-state index is 5.89. The summed E-state index contributed by atoms with van der Waals surface area (Å²) in [7, 11) is 1.78. The lowest BCUT2D eigenvalue weighted by Crippen LogP contribution is -2.38. The summed E-state index contributed by atoms with van der Waals surface area (Å²) < 4.78 is 7.93. The van der Waals surface area contributed by atoms with Crippen LogP contribution in [-0.2, 0) is 13.0 Å². The van der Waals surface area contributed by atoms with Crippen molar-refractivity contribution in [3.05, 3.63) is 65.6 Å². The summed E-state index contributed by atoms with van der Waals surface area (Å²) in [6.07, 6.45) is 5.90. The first-order valence-electron chi connectivity index (χ1n) is 9.79. The highest BCUT2D eigenvalue weighted by Gasteiger charge is 2.06. The number of guanidine groups is 1. The van der Waals surface area contributed by atoms with Gasteiger partial charge >= 0.3 is 0 Å². The first-order valence-corrected chi connectivity index (χ1v) is 9.79. The van der Waals surface area contributed by atoms with E-state index in [0.717, 1.165) is 54.6 Å². The van der Waals surface area contributed by atoms with Gasteiger partial charge in [-0.2, -0.15) is 0 Å². The number of aromatic nitrogens is 2. The van der Waals surface area contributed by atoms with Crippen LogP contribution in [0.1, 0.15) is 30.2 Å². The fourth-order valence-electron chi connectivity index (χ4n) is 2.97. The van der Waals surface area contributed by atoms with Crippen LogP contribution in [0.25, 0.3) is 5.65 Å². The zero-order chi connectivity index (χ0) is 19.8. The highest BCUT2D eigenvalue weighted by Crippen LogP contribution is 2.20. The number of aliphatic imine (C=N–C) groups is 1. The number of benzene rings is 1. The lowest BCUT2D eigenvalue weighted by molar-refractivity contribution is 0.313. The van der Waals surface area contributed by atoms with Crippen molar-refractivity contribution in [2.24, 2.45) is 4.99 Å². The molecule has 3 aromatic rings. The molecule has 2 heterocycles. The third-order valence-corrected chi connectivity index (χ3v) is 4.44. The SMILES string of the molecule is CCCOc1cc(C)ccc1CNC(=NC)NCCc1cn2ccccc2n1.I. The molecule has 3 rings (SSSR count). The minimum atomic E-state index is 0. The molecular weight excluding hydrogens is 477 g/mol. The third-order valence-electron chi connectivity index (χ3n) is 4.44. The van der Waals surface area contributed by atoms with Crippen LogP contribution in [0, 0.1) is 6.92 Å². The summed E-state index contributed by atoms with van der Waals surface area (Å²) >= 11 is 0. The number of nitrogens with one attached hydrogen (secondary N) is 2. The highest BCUT2D eigenvalue weighted by molar-refractivity contribution is 14.0. The molecule has 0 saturated heterocycles. The van der Waals surface area contributed by atoms with E-state index in [4.69, 9.17) is 4.74 Å². The standard InChI is InChI=1S/C22H29N5O.HI/c1-4-13-28-20-14-17(2)8-9-18(20)15-25-22(23-3)24-11-10-19-16-27-12-6-5-7-21(27)26-19;/h5-9,12,14,16H,4,10-11,13,15H2,1-3H3,(H2,23,24,25);1H. The van der Waals surface area contributed by atoms with Gasteiger partial charge in [0.15, 0.2) is 5.96 Å². The number of fused-ring (bicyclic) bond motifs is 1. The Bertz CT molecular complexity index is 905. The molecule has 0 fully saturated rings. The van der Waals surface area contributed by atoms with Gasteiger partial charge in [-0.05, 0) is 37.1 Å². The Morgan fingerprint density at radius 2 is 2.07 bits per heavy atom. The molecule has 2 N–H and O–H groups in total. The Morgan fingerprint density at radius 3 is 2.83 bits per heavy atom. The maximum Gasteiger partial charge on any atom is 0.191 e. The van der Waals surface area contributed by atoms with E-state index in [-0.39, 0.29) is 24.0 Å². The van der Waals surface area contributed by atoms with E-state index in [1.54, 1.807) is 7.05 Å². The lowest BCUT2D eigenvalue weighted by atomic mass is 10.1. The van der Waals surface area contributed by atoms with Crippen LogP contribution in [0.15, 0.2) is 53.8 Å². The van der Waals surface area contributed by atoms with Crippen LogP contribution in [-0.4, -0.2) is 35.5 Å². The molecule has 0 spiro atoms. The van der Waals surface area contributed by atoms with Crippen LogP contribution in [0.3, 0.4) is 0 Å². The molecule has 29 heavy (non-hydrogen) atoms. The number of rotatable bonds is 8. The summed E-state index contributed by atoms with van der Waals surface area (Å²) in [6.45, 7) is 6.34. The topological polar surface area (TPSA) is 63.0 Å². The summed E-state index contributed by atoms with van der Waals surface area (Å²) in [5.41, 5.74) is 4.36. The minimum Gasteiger partial charge on any atom is -0.493 e. The van der Waals surface area contributed by atoms with Crippen molar-refractivity contribution in [3.8, 4) is 5.75 Å². The third kappa shape index (κ3) is 6.62. The van der Waals surface area contributed by atoms with Crippen molar-refractivity contribution in [2.45, 2.75) is 33.2 Å². The maximum atomic E-state index is 5.89. The van der Waals surface area contributed by atoms with E-state index >= 15 is 0 Å². The number of hydrogen-bond acceptors (Lipinski definition) is 3. The van der Waals surface area contributed by atoms with E-state index in [1.807, 2.05) is 28.8 Å². The summed E-state index contributed by atoms with van der Waals surface area (Å²) in [5.74, 6) is 1.71. The van der Waals surface area contributed by atoms with Crippen molar-refractivity contribution >= 4 is 35.6 Å². The Kier molecular flexibility index (Phi) is 9.24. The van der Waals surface area contributed by atoms with E-state index in [9.17, 15) is 0 Å².